The maximum atomic E-state index is 6.02. The normalized spacial score (nSPS) is 18.1. The van der Waals surface area contributed by atoms with Gasteiger partial charge in [0.2, 0.25) is 0 Å². The summed E-state index contributed by atoms with van der Waals surface area (Å²) in [6.07, 6.45) is 1.43. The van der Waals surface area contributed by atoms with Gasteiger partial charge in [-0.3, -0.25) is 0 Å². The lowest BCUT2D eigenvalue weighted by Crippen LogP contribution is -2.40. The highest BCUT2D eigenvalue weighted by atomic mass is 16.5. The van der Waals surface area contributed by atoms with Crippen molar-refractivity contribution in [2.75, 3.05) is 52.6 Å². The zero-order valence-corrected chi connectivity index (χ0v) is 12.2. The average molecular weight is 263 g/mol. The van der Waals surface area contributed by atoms with Crippen molar-refractivity contribution < 1.29 is 4.74 Å². The molecule has 4 nitrogen and oxygen atoms in total. The minimum absolute atomic E-state index is 0.235. The lowest BCUT2D eigenvalue weighted by Gasteiger charge is -2.30. The molecule has 1 aliphatic heterocycles. The fraction of sp³-hybridized carbons (Fsp3) is 0.600. The molecular weight excluding hydrogens is 238 g/mol. The van der Waals surface area contributed by atoms with E-state index in [-0.39, 0.29) is 6.10 Å². The summed E-state index contributed by atoms with van der Waals surface area (Å²) in [5, 5.41) is 3.43. The van der Waals surface area contributed by atoms with Gasteiger partial charge in [-0.05, 0) is 52.8 Å². The van der Waals surface area contributed by atoms with Gasteiger partial charge in [-0.1, -0.05) is 12.1 Å². The molecule has 1 aromatic rings. The van der Waals surface area contributed by atoms with E-state index in [4.69, 9.17) is 4.74 Å². The van der Waals surface area contributed by atoms with Crippen LogP contribution in [-0.2, 0) is 0 Å². The molecule has 0 aliphatic carbocycles. The number of ether oxygens (including phenoxy) is 1. The van der Waals surface area contributed by atoms with Crippen LogP contribution in [-0.4, -0.2) is 63.2 Å². The molecule has 1 heterocycles. The van der Waals surface area contributed by atoms with Crippen LogP contribution in [0.25, 0.3) is 0 Å². The van der Waals surface area contributed by atoms with Gasteiger partial charge in [0, 0.05) is 6.54 Å². The minimum atomic E-state index is 0.235. The summed E-state index contributed by atoms with van der Waals surface area (Å²) < 4.78 is 6.02. The van der Waals surface area contributed by atoms with Crippen molar-refractivity contribution in [3.8, 4) is 5.75 Å². The van der Waals surface area contributed by atoms with Crippen LogP contribution in [0.1, 0.15) is 6.42 Å². The predicted molar refractivity (Wildman–Crippen MR) is 80.0 cm³/mol. The molecule has 1 N–H and O–H groups in total. The Hall–Kier alpha value is -1.26. The summed E-state index contributed by atoms with van der Waals surface area (Å²) in [6.45, 7) is 4.10. The second-order valence-corrected chi connectivity index (χ2v) is 5.54. The molecule has 1 atom stereocenters. The molecule has 0 aromatic heterocycles. The number of hydrogen-bond acceptors (Lipinski definition) is 4. The Bertz CT molecular complexity index is 395. The number of para-hydroxylation sites is 2. The Labute approximate surface area is 116 Å². The van der Waals surface area contributed by atoms with Gasteiger partial charge in [-0.15, -0.1) is 0 Å². The first-order valence-electron chi connectivity index (χ1n) is 6.98. The number of nitrogens with one attached hydrogen (secondary N) is 1. The third-order valence-corrected chi connectivity index (χ3v) is 3.36. The fourth-order valence-electron chi connectivity index (χ4n) is 2.36. The van der Waals surface area contributed by atoms with Gasteiger partial charge in [0.25, 0.3) is 0 Å². The first-order chi connectivity index (χ1) is 9.15. The van der Waals surface area contributed by atoms with Crippen LogP contribution < -0.4 is 10.1 Å². The van der Waals surface area contributed by atoms with Crippen LogP contribution in [0, 0.1) is 0 Å². The van der Waals surface area contributed by atoms with Crippen molar-refractivity contribution in [3.63, 3.8) is 0 Å². The van der Waals surface area contributed by atoms with Crippen molar-refractivity contribution in [2.24, 2.45) is 0 Å². The fourth-order valence-corrected chi connectivity index (χ4v) is 2.36. The zero-order chi connectivity index (χ0) is 13.7. The Morgan fingerprint density at radius 3 is 2.79 bits per heavy atom. The molecular formula is C15H25N3O. The van der Waals surface area contributed by atoms with Crippen molar-refractivity contribution in [3.05, 3.63) is 24.3 Å². The lowest BCUT2D eigenvalue weighted by atomic mass is 10.2. The number of anilines is 1. The van der Waals surface area contributed by atoms with E-state index in [1.54, 1.807) is 0 Å². The first kappa shape index (κ1) is 14.2. The summed E-state index contributed by atoms with van der Waals surface area (Å²) in [6, 6.07) is 8.14. The van der Waals surface area contributed by atoms with E-state index in [2.05, 4.69) is 42.3 Å². The van der Waals surface area contributed by atoms with Crippen LogP contribution in [0.2, 0.25) is 0 Å². The van der Waals surface area contributed by atoms with E-state index in [9.17, 15) is 0 Å². The van der Waals surface area contributed by atoms with E-state index in [1.165, 1.54) is 6.42 Å². The number of benzene rings is 1. The summed E-state index contributed by atoms with van der Waals surface area (Å²) in [5.41, 5.74) is 1.11. The standard InChI is InChI=1S/C15H25N3O/c1-17(2)9-6-10-18(3)12-13-11-16-14-7-4-5-8-15(14)19-13/h4-5,7-8,13,16H,6,9-12H2,1-3H3. The molecule has 0 saturated carbocycles. The maximum absolute atomic E-state index is 6.02. The van der Waals surface area contributed by atoms with Gasteiger partial charge >= 0.3 is 0 Å². The minimum Gasteiger partial charge on any atom is -0.485 e. The third-order valence-electron chi connectivity index (χ3n) is 3.36. The predicted octanol–water partition coefficient (Wildman–Crippen LogP) is 1.74. The summed E-state index contributed by atoms with van der Waals surface area (Å²) >= 11 is 0. The van der Waals surface area contributed by atoms with E-state index >= 15 is 0 Å². The molecule has 1 aromatic carbocycles. The van der Waals surface area contributed by atoms with Gasteiger partial charge in [0.05, 0.1) is 12.2 Å². The van der Waals surface area contributed by atoms with Gasteiger partial charge in [0.1, 0.15) is 11.9 Å². The molecule has 106 valence electrons. The topological polar surface area (TPSA) is 27.7 Å². The molecule has 4 heteroatoms. The molecule has 0 saturated heterocycles. The van der Waals surface area contributed by atoms with Crippen LogP contribution in [0.5, 0.6) is 5.75 Å². The second-order valence-electron chi connectivity index (χ2n) is 5.54. The van der Waals surface area contributed by atoms with E-state index < -0.39 is 0 Å². The Balaban J connectivity index is 1.75. The Kier molecular flexibility index (Phi) is 5.05. The molecule has 1 unspecified atom stereocenters. The van der Waals surface area contributed by atoms with Gasteiger partial charge in [-0.25, -0.2) is 0 Å². The molecule has 0 spiro atoms. The van der Waals surface area contributed by atoms with Gasteiger partial charge in [-0.2, -0.15) is 0 Å². The Morgan fingerprint density at radius 2 is 2.00 bits per heavy atom. The quantitative estimate of drug-likeness (QED) is 0.846. The van der Waals surface area contributed by atoms with Crippen molar-refractivity contribution in [1.29, 1.82) is 0 Å². The number of fused-ring (bicyclic) bond motifs is 1. The monoisotopic (exact) mass is 263 g/mol. The first-order valence-corrected chi connectivity index (χ1v) is 6.98. The SMILES string of the molecule is CN(C)CCCN(C)CC1CNc2ccccc2O1. The van der Waals surface area contributed by atoms with Gasteiger partial charge < -0.3 is 19.9 Å². The molecule has 19 heavy (non-hydrogen) atoms. The third kappa shape index (κ3) is 4.40. The van der Waals surface area contributed by atoms with E-state index in [0.717, 1.165) is 37.6 Å². The molecule has 0 bridgehead atoms. The van der Waals surface area contributed by atoms with E-state index in [0.29, 0.717) is 0 Å². The maximum Gasteiger partial charge on any atom is 0.142 e. The van der Waals surface area contributed by atoms with Crippen molar-refractivity contribution in [2.45, 2.75) is 12.5 Å². The molecule has 2 rings (SSSR count). The molecule has 0 fully saturated rings. The van der Waals surface area contributed by atoms with Crippen LogP contribution in [0.3, 0.4) is 0 Å². The van der Waals surface area contributed by atoms with Crippen molar-refractivity contribution in [1.82, 2.24) is 9.80 Å². The van der Waals surface area contributed by atoms with E-state index in [1.807, 2.05) is 18.2 Å². The van der Waals surface area contributed by atoms with Crippen LogP contribution >= 0.6 is 0 Å². The highest BCUT2D eigenvalue weighted by Gasteiger charge is 2.19. The summed E-state index contributed by atoms with van der Waals surface area (Å²) in [4.78, 5) is 4.58. The molecule has 0 amide bonds. The van der Waals surface area contributed by atoms with Crippen LogP contribution in [0.4, 0.5) is 5.69 Å². The number of hydrogen-bond donors (Lipinski definition) is 1. The number of likely N-dealkylation sites (N-methyl/N-ethyl adjacent to an activating group) is 1. The van der Waals surface area contributed by atoms with Crippen LogP contribution in [0.15, 0.2) is 24.3 Å². The highest BCUT2D eigenvalue weighted by Crippen LogP contribution is 2.28. The highest BCUT2D eigenvalue weighted by molar-refractivity contribution is 5.57. The molecule has 0 radical (unpaired) electrons. The average Bonchev–Trinajstić information content (AvgIpc) is 2.38. The zero-order valence-electron chi connectivity index (χ0n) is 12.2. The summed E-state index contributed by atoms with van der Waals surface area (Å²) in [5.74, 6) is 0.973. The largest absolute Gasteiger partial charge is 0.485 e. The van der Waals surface area contributed by atoms with Crippen molar-refractivity contribution >= 4 is 5.69 Å². The molecule has 1 aliphatic rings. The number of nitrogens with zero attached hydrogens (tertiary/aromatic N) is 2. The second kappa shape index (κ2) is 6.78. The summed E-state index contributed by atoms with van der Waals surface area (Å²) in [7, 11) is 6.40. The smallest absolute Gasteiger partial charge is 0.142 e. The Morgan fingerprint density at radius 1 is 1.21 bits per heavy atom. The van der Waals surface area contributed by atoms with Gasteiger partial charge in [0.15, 0.2) is 0 Å². The lowest BCUT2D eigenvalue weighted by molar-refractivity contribution is 0.149. The number of rotatable bonds is 6.